The third-order valence-electron chi connectivity index (χ3n) is 3.98. The molecule has 0 spiro atoms. The molecule has 2 N–H and O–H groups in total. The van der Waals surface area contributed by atoms with E-state index in [1.54, 1.807) is 38.1 Å². The van der Waals surface area contributed by atoms with Crippen LogP contribution in [-0.4, -0.2) is 52.5 Å². The van der Waals surface area contributed by atoms with Crippen LogP contribution in [0.1, 0.15) is 38.8 Å². The summed E-state index contributed by atoms with van der Waals surface area (Å²) in [6.07, 6.45) is -0.294. The highest BCUT2D eigenvalue weighted by atomic mass is 32.2. The zero-order chi connectivity index (χ0) is 20.2. The van der Waals surface area contributed by atoms with Crippen LogP contribution >= 0.6 is 0 Å². The molecule has 0 saturated carbocycles. The molecule has 154 valence electrons. The monoisotopic (exact) mass is 419 g/mol. The number of sulfonamides is 1. The van der Waals surface area contributed by atoms with E-state index in [9.17, 15) is 16.8 Å². The van der Waals surface area contributed by atoms with Gasteiger partial charge in [-0.05, 0) is 38.8 Å². The van der Waals surface area contributed by atoms with Gasteiger partial charge in [0, 0.05) is 25.7 Å². The molecule has 10 heteroatoms. The summed E-state index contributed by atoms with van der Waals surface area (Å²) in [5.74, 6) is -0.110. The number of hydrogen-bond donors (Lipinski definition) is 2. The van der Waals surface area contributed by atoms with E-state index in [0.717, 1.165) is 5.56 Å². The molecule has 2 atom stereocenters. The third-order valence-corrected chi connectivity index (χ3v) is 7.01. The van der Waals surface area contributed by atoms with E-state index in [1.807, 2.05) is 13.8 Å². The van der Waals surface area contributed by atoms with Gasteiger partial charge in [0.15, 0.2) is 0 Å². The van der Waals surface area contributed by atoms with Crippen molar-refractivity contribution in [3.63, 3.8) is 0 Å². The molecular weight excluding hydrogens is 390 g/mol. The van der Waals surface area contributed by atoms with E-state index in [4.69, 9.17) is 4.74 Å². The molecule has 1 fully saturated rings. The predicted octanol–water partition coefficient (Wildman–Crippen LogP) is 0.958. The minimum atomic E-state index is -3.60. The SMILES string of the molecule is CC(C)NS(=O)(=O)Cc1ccc(CNS(=O)(=O)N2C[C@@H](C)O[C@H](C)C2)cc1. The molecule has 1 aromatic rings. The molecule has 0 unspecified atom stereocenters. The third kappa shape index (κ3) is 7.13. The van der Waals surface area contributed by atoms with Crippen LogP contribution < -0.4 is 9.44 Å². The molecule has 1 heterocycles. The van der Waals surface area contributed by atoms with Crippen molar-refractivity contribution in [3.8, 4) is 0 Å². The molecule has 0 amide bonds. The zero-order valence-corrected chi connectivity index (χ0v) is 17.8. The maximum atomic E-state index is 12.5. The van der Waals surface area contributed by atoms with Gasteiger partial charge in [0.25, 0.3) is 10.2 Å². The topological polar surface area (TPSA) is 105 Å². The molecular formula is C17H29N3O5S2. The standard InChI is InChI=1S/C17H29N3O5S2/c1-13(2)19-26(21,22)12-17-7-5-16(6-8-17)9-18-27(23,24)20-10-14(3)25-15(4)11-20/h5-8,13-15,18-19H,9-12H2,1-4H3/t14-,15-/m1/s1. The molecule has 0 aromatic heterocycles. The van der Waals surface area contributed by atoms with E-state index in [0.29, 0.717) is 18.7 Å². The number of ether oxygens (including phenoxy) is 1. The molecule has 27 heavy (non-hydrogen) atoms. The van der Waals surface area contributed by atoms with Crippen molar-refractivity contribution < 1.29 is 21.6 Å². The van der Waals surface area contributed by atoms with E-state index in [-0.39, 0.29) is 30.5 Å². The van der Waals surface area contributed by atoms with E-state index >= 15 is 0 Å². The molecule has 1 aromatic carbocycles. The minimum Gasteiger partial charge on any atom is -0.373 e. The average Bonchev–Trinajstić information content (AvgIpc) is 2.51. The lowest BCUT2D eigenvalue weighted by Crippen LogP contribution is -2.51. The Kier molecular flexibility index (Phi) is 7.40. The van der Waals surface area contributed by atoms with Gasteiger partial charge in [-0.1, -0.05) is 24.3 Å². The largest absolute Gasteiger partial charge is 0.373 e. The fourth-order valence-electron chi connectivity index (χ4n) is 2.97. The highest BCUT2D eigenvalue weighted by molar-refractivity contribution is 7.88. The van der Waals surface area contributed by atoms with Crippen LogP contribution in [-0.2, 0) is 37.3 Å². The summed E-state index contributed by atoms with van der Waals surface area (Å²) < 4.78 is 61.0. The van der Waals surface area contributed by atoms with E-state index in [2.05, 4.69) is 9.44 Å². The van der Waals surface area contributed by atoms with Crippen LogP contribution in [0.4, 0.5) is 0 Å². The Labute approximate surface area is 162 Å². The Morgan fingerprint density at radius 1 is 1.04 bits per heavy atom. The summed E-state index contributed by atoms with van der Waals surface area (Å²) in [7, 11) is -6.99. The summed E-state index contributed by atoms with van der Waals surface area (Å²) in [4.78, 5) is 0. The summed E-state index contributed by atoms with van der Waals surface area (Å²) in [5, 5.41) is 0. The summed E-state index contributed by atoms with van der Waals surface area (Å²) in [5.41, 5.74) is 1.40. The van der Waals surface area contributed by atoms with Gasteiger partial charge in [-0.15, -0.1) is 0 Å². The Balaban J connectivity index is 1.94. The van der Waals surface area contributed by atoms with Gasteiger partial charge >= 0.3 is 0 Å². The maximum absolute atomic E-state index is 12.5. The molecule has 0 bridgehead atoms. The van der Waals surface area contributed by atoms with Crippen molar-refractivity contribution >= 4 is 20.2 Å². The normalized spacial score (nSPS) is 22.3. The Morgan fingerprint density at radius 3 is 2.07 bits per heavy atom. The quantitative estimate of drug-likeness (QED) is 0.653. The highest BCUT2D eigenvalue weighted by Crippen LogP contribution is 2.14. The van der Waals surface area contributed by atoms with Crippen molar-refractivity contribution in [2.45, 2.75) is 58.2 Å². The lowest BCUT2D eigenvalue weighted by Gasteiger charge is -2.34. The number of nitrogens with one attached hydrogen (secondary N) is 2. The number of benzene rings is 1. The van der Waals surface area contributed by atoms with Crippen LogP contribution in [0.5, 0.6) is 0 Å². The van der Waals surface area contributed by atoms with Gasteiger partial charge < -0.3 is 4.74 Å². The summed E-state index contributed by atoms with van der Waals surface area (Å²) in [6, 6.07) is 6.69. The second-order valence-electron chi connectivity index (χ2n) is 7.25. The van der Waals surface area contributed by atoms with Gasteiger partial charge in [-0.3, -0.25) is 0 Å². The lowest BCUT2D eigenvalue weighted by atomic mass is 10.1. The van der Waals surface area contributed by atoms with Crippen LogP contribution in [0.25, 0.3) is 0 Å². The summed E-state index contributed by atoms with van der Waals surface area (Å²) >= 11 is 0. The van der Waals surface area contributed by atoms with Crippen molar-refractivity contribution in [1.29, 1.82) is 0 Å². The first-order valence-corrected chi connectivity index (χ1v) is 12.0. The maximum Gasteiger partial charge on any atom is 0.279 e. The number of hydrogen-bond acceptors (Lipinski definition) is 5. The first kappa shape index (κ1) is 22.3. The van der Waals surface area contributed by atoms with Gasteiger partial charge in [-0.2, -0.15) is 17.4 Å². The first-order valence-electron chi connectivity index (χ1n) is 8.95. The molecule has 0 aliphatic carbocycles. The Bertz CT molecular complexity index is 813. The number of nitrogens with zero attached hydrogens (tertiary/aromatic N) is 1. The lowest BCUT2D eigenvalue weighted by molar-refractivity contribution is -0.0444. The van der Waals surface area contributed by atoms with Crippen LogP contribution in [0, 0.1) is 0 Å². The van der Waals surface area contributed by atoms with Gasteiger partial charge in [0.1, 0.15) is 0 Å². The minimum absolute atomic E-state index is 0.110. The zero-order valence-electron chi connectivity index (χ0n) is 16.2. The van der Waals surface area contributed by atoms with E-state index < -0.39 is 20.2 Å². The van der Waals surface area contributed by atoms with Gasteiger partial charge in [0.2, 0.25) is 10.0 Å². The second-order valence-corrected chi connectivity index (χ2v) is 10.8. The highest BCUT2D eigenvalue weighted by Gasteiger charge is 2.30. The average molecular weight is 420 g/mol. The first-order chi connectivity index (χ1) is 12.5. The Morgan fingerprint density at radius 2 is 1.56 bits per heavy atom. The van der Waals surface area contributed by atoms with E-state index in [1.165, 1.54) is 4.31 Å². The molecule has 2 rings (SSSR count). The van der Waals surface area contributed by atoms with Gasteiger partial charge in [0.05, 0.1) is 18.0 Å². The van der Waals surface area contributed by atoms with Crippen molar-refractivity contribution in [2.24, 2.45) is 0 Å². The van der Waals surface area contributed by atoms with Gasteiger partial charge in [-0.25, -0.2) is 13.1 Å². The fourth-order valence-corrected chi connectivity index (χ4v) is 5.74. The van der Waals surface area contributed by atoms with Crippen molar-refractivity contribution in [3.05, 3.63) is 35.4 Å². The number of morpholine rings is 1. The number of rotatable bonds is 8. The molecule has 0 radical (unpaired) electrons. The molecule has 1 aliphatic heterocycles. The second kappa shape index (κ2) is 8.97. The van der Waals surface area contributed by atoms with Crippen molar-refractivity contribution in [1.82, 2.24) is 13.7 Å². The molecule has 1 saturated heterocycles. The smallest absolute Gasteiger partial charge is 0.279 e. The van der Waals surface area contributed by atoms with Crippen LogP contribution in [0.15, 0.2) is 24.3 Å². The fraction of sp³-hybridized carbons (Fsp3) is 0.647. The van der Waals surface area contributed by atoms with Crippen LogP contribution in [0.3, 0.4) is 0 Å². The predicted molar refractivity (Wildman–Crippen MR) is 105 cm³/mol. The molecule has 1 aliphatic rings. The van der Waals surface area contributed by atoms with Crippen LogP contribution in [0.2, 0.25) is 0 Å². The van der Waals surface area contributed by atoms with Crippen molar-refractivity contribution in [2.75, 3.05) is 13.1 Å². The Hall–Kier alpha value is -1.04. The molecule has 8 nitrogen and oxygen atoms in total. The summed E-state index contributed by atoms with van der Waals surface area (Å²) in [6.45, 7) is 8.00.